The standard InChI is InChI=1S/C15H31N/c1-4-14(2)11-12-16(3)13-15-9-7-5-6-8-10-15/h14-15H,4-13H2,1-3H3. The molecule has 0 saturated heterocycles. The van der Waals surface area contributed by atoms with Crippen LogP contribution in [0.4, 0.5) is 0 Å². The number of rotatable bonds is 6. The van der Waals surface area contributed by atoms with Crippen molar-refractivity contribution in [2.45, 2.75) is 65.2 Å². The molecule has 0 N–H and O–H groups in total. The maximum absolute atomic E-state index is 2.57. The van der Waals surface area contributed by atoms with E-state index in [0.717, 1.165) is 11.8 Å². The van der Waals surface area contributed by atoms with Crippen molar-refractivity contribution in [1.29, 1.82) is 0 Å². The van der Waals surface area contributed by atoms with Gasteiger partial charge in [-0.3, -0.25) is 0 Å². The molecule has 1 saturated carbocycles. The molecule has 1 nitrogen and oxygen atoms in total. The van der Waals surface area contributed by atoms with Crippen LogP contribution in [0.3, 0.4) is 0 Å². The first kappa shape index (κ1) is 14.0. The summed E-state index contributed by atoms with van der Waals surface area (Å²) >= 11 is 0. The third kappa shape index (κ3) is 5.89. The molecule has 96 valence electrons. The monoisotopic (exact) mass is 225 g/mol. The normalized spacial score (nSPS) is 21.0. The van der Waals surface area contributed by atoms with E-state index >= 15 is 0 Å². The third-order valence-electron chi connectivity index (χ3n) is 4.25. The molecule has 0 aromatic rings. The molecule has 0 spiro atoms. The van der Waals surface area contributed by atoms with Crippen LogP contribution < -0.4 is 0 Å². The van der Waals surface area contributed by atoms with Crippen molar-refractivity contribution in [3.8, 4) is 0 Å². The molecule has 0 amide bonds. The summed E-state index contributed by atoms with van der Waals surface area (Å²) in [5.74, 6) is 1.89. The van der Waals surface area contributed by atoms with Gasteiger partial charge in [0.1, 0.15) is 0 Å². The molecular formula is C15H31N. The Balaban J connectivity index is 2.14. The van der Waals surface area contributed by atoms with Crippen LogP contribution >= 0.6 is 0 Å². The van der Waals surface area contributed by atoms with E-state index in [1.165, 1.54) is 64.5 Å². The van der Waals surface area contributed by atoms with Gasteiger partial charge in [0.25, 0.3) is 0 Å². The van der Waals surface area contributed by atoms with Gasteiger partial charge in [0.15, 0.2) is 0 Å². The van der Waals surface area contributed by atoms with Gasteiger partial charge in [0.2, 0.25) is 0 Å². The van der Waals surface area contributed by atoms with Crippen molar-refractivity contribution >= 4 is 0 Å². The van der Waals surface area contributed by atoms with Gasteiger partial charge in [0.05, 0.1) is 0 Å². The average molecular weight is 225 g/mol. The average Bonchev–Trinajstić information content (AvgIpc) is 2.54. The minimum absolute atomic E-state index is 0.900. The van der Waals surface area contributed by atoms with Crippen LogP contribution in [0, 0.1) is 11.8 Å². The summed E-state index contributed by atoms with van der Waals surface area (Å²) in [6.07, 6.45) is 11.6. The zero-order valence-corrected chi connectivity index (χ0v) is 11.7. The third-order valence-corrected chi connectivity index (χ3v) is 4.25. The summed E-state index contributed by atoms with van der Waals surface area (Å²) < 4.78 is 0. The SMILES string of the molecule is CCC(C)CCN(C)CC1CCCCCC1. The van der Waals surface area contributed by atoms with Crippen LogP contribution in [-0.2, 0) is 0 Å². The van der Waals surface area contributed by atoms with Gasteiger partial charge < -0.3 is 4.90 Å². The van der Waals surface area contributed by atoms with Crippen LogP contribution in [0.15, 0.2) is 0 Å². The smallest absolute Gasteiger partial charge is 0.000661 e. The van der Waals surface area contributed by atoms with E-state index < -0.39 is 0 Å². The summed E-state index contributed by atoms with van der Waals surface area (Å²) in [7, 11) is 2.31. The number of nitrogens with zero attached hydrogens (tertiary/aromatic N) is 1. The number of hydrogen-bond donors (Lipinski definition) is 0. The Bertz CT molecular complexity index is 159. The predicted octanol–water partition coefficient (Wildman–Crippen LogP) is 4.32. The molecule has 0 aromatic carbocycles. The van der Waals surface area contributed by atoms with Gasteiger partial charge in [-0.1, -0.05) is 46.0 Å². The Morgan fingerprint density at radius 1 is 1.12 bits per heavy atom. The Labute approximate surface area is 103 Å². The summed E-state index contributed by atoms with van der Waals surface area (Å²) in [4.78, 5) is 2.57. The fraction of sp³-hybridized carbons (Fsp3) is 1.00. The molecular weight excluding hydrogens is 194 g/mol. The van der Waals surface area contributed by atoms with Crippen molar-refractivity contribution in [2.24, 2.45) is 11.8 Å². The topological polar surface area (TPSA) is 3.24 Å². The molecule has 0 bridgehead atoms. The number of hydrogen-bond acceptors (Lipinski definition) is 1. The van der Waals surface area contributed by atoms with E-state index in [1.807, 2.05) is 0 Å². The van der Waals surface area contributed by atoms with E-state index in [9.17, 15) is 0 Å². The molecule has 0 aliphatic heterocycles. The van der Waals surface area contributed by atoms with Crippen LogP contribution in [0.1, 0.15) is 65.2 Å². The van der Waals surface area contributed by atoms with Gasteiger partial charge >= 0.3 is 0 Å². The summed E-state index contributed by atoms with van der Waals surface area (Å²) in [5, 5.41) is 0. The molecule has 1 rings (SSSR count). The maximum Gasteiger partial charge on any atom is 0.000661 e. The highest BCUT2D eigenvalue weighted by molar-refractivity contribution is 4.68. The van der Waals surface area contributed by atoms with Crippen LogP contribution in [-0.4, -0.2) is 25.0 Å². The van der Waals surface area contributed by atoms with Crippen molar-refractivity contribution < 1.29 is 0 Å². The molecule has 0 aromatic heterocycles. The second-order valence-corrected chi connectivity index (χ2v) is 5.92. The molecule has 1 heteroatoms. The maximum atomic E-state index is 2.57. The lowest BCUT2D eigenvalue weighted by molar-refractivity contribution is 0.244. The minimum atomic E-state index is 0.900. The lowest BCUT2D eigenvalue weighted by Gasteiger charge is -2.24. The van der Waals surface area contributed by atoms with Crippen LogP contribution in [0.2, 0.25) is 0 Å². The minimum Gasteiger partial charge on any atom is -0.306 e. The first-order valence-corrected chi connectivity index (χ1v) is 7.41. The first-order valence-electron chi connectivity index (χ1n) is 7.41. The van der Waals surface area contributed by atoms with Crippen LogP contribution in [0.25, 0.3) is 0 Å². The Morgan fingerprint density at radius 3 is 2.31 bits per heavy atom. The Kier molecular flexibility index (Phi) is 7.11. The molecule has 1 aliphatic carbocycles. The molecule has 1 atom stereocenters. The summed E-state index contributed by atoms with van der Waals surface area (Å²) in [6.45, 7) is 7.32. The van der Waals surface area contributed by atoms with Gasteiger partial charge in [-0.15, -0.1) is 0 Å². The lowest BCUT2D eigenvalue weighted by atomic mass is 9.99. The first-order chi connectivity index (χ1) is 7.72. The van der Waals surface area contributed by atoms with E-state index in [-0.39, 0.29) is 0 Å². The largest absolute Gasteiger partial charge is 0.306 e. The highest BCUT2D eigenvalue weighted by atomic mass is 15.1. The molecule has 1 fully saturated rings. The fourth-order valence-electron chi connectivity index (χ4n) is 2.72. The van der Waals surface area contributed by atoms with Crippen LogP contribution in [0.5, 0.6) is 0 Å². The molecule has 0 heterocycles. The van der Waals surface area contributed by atoms with Gasteiger partial charge in [0, 0.05) is 6.54 Å². The van der Waals surface area contributed by atoms with Crippen molar-refractivity contribution in [3.63, 3.8) is 0 Å². The molecule has 0 radical (unpaired) electrons. The summed E-state index contributed by atoms with van der Waals surface area (Å²) in [6, 6.07) is 0. The molecule has 16 heavy (non-hydrogen) atoms. The van der Waals surface area contributed by atoms with Crippen molar-refractivity contribution in [1.82, 2.24) is 4.90 Å². The fourth-order valence-corrected chi connectivity index (χ4v) is 2.72. The second kappa shape index (κ2) is 8.11. The molecule has 1 unspecified atom stereocenters. The van der Waals surface area contributed by atoms with Crippen molar-refractivity contribution in [3.05, 3.63) is 0 Å². The highest BCUT2D eigenvalue weighted by Crippen LogP contribution is 2.23. The van der Waals surface area contributed by atoms with Gasteiger partial charge in [-0.2, -0.15) is 0 Å². The lowest BCUT2D eigenvalue weighted by Crippen LogP contribution is -2.27. The molecule has 1 aliphatic rings. The Morgan fingerprint density at radius 2 is 1.75 bits per heavy atom. The highest BCUT2D eigenvalue weighted by Gasteiger charge is 2.14. The summed E-state index contributed by atoms with van der Waals surface area (Å²) in [5.41, 5.74) is 0. The zero-order valence-electron chi connectivity index (χ0n) is 11.7. The zero-order chi connectivity index (χ0) is 11.8. The quantitative estimate of drug-likeness (QED) is 0.608. The van der Waals surface area contributed by atoms with Gasteiger partial charge in [-0.25, -0.2) is 0 Å². The van der Waals surface area contributed by atoms with Gasteiger partial charge in [-0.05, 0) is 44.7 Å². The predicted molar refractivity (Wildman–Crippen MR) is 72.8 cm³/mol. The van der Waals surface area contributed by atoms with Crippen molar-refractivity contribution in [2.75, 3.05) is 20.1 Å². The Hall–Kier alpha value is -0.0400. The van der Waals surface area contributed by atoms with E-state index in [4.69, 9.17) is 0 Å². The van der Waals surface area contributed by atoms with E-state index in [0.29, 0.717) is 0 Å². The second-order valence-electron chi connectivity index (χ2n) is 5.92. The van der Waals surface area contributed by atoms with E-state index in [2.05, 4.69) is 25.8 Å². The van der Waals surface area contributed by atoms with E-state index in [1.54, 1.807) is 0 Å².